The molecule has 2 aromatic rings. The van der Waals surface area contributed by atoms with Crippen LogP contribution in [0.5, 0.6) is 6.01 Å². The summed E-state index contributed by atoms with van der Waals surface area (Å²) in [5.74, 6) is 9.32. The summed E-state index contributed by atoms with van der Waals surface area (Å²) >= 11 is 0. The third-order valence-electron chi connectivity index (χ3n) is 3.81. The first-order valence-corrected chi connectivity index (χ1v) is 13.3. The molecule has 0 atom stereocenters. The molecule has 4 N–H and O–H groups in total. The maximum atomic E-state index is 12.0. The summed E-state index contributed by atoms with van der Waals surface area (Å²) in [6, 6.07) is 2.58. The fourth-order valence-electron chi connectivity index (χ4n) is 2.24. The molecule has 0 fully saturated rings. The Labute approximate surface area is 245 Å². The number of aliphatic carboxylic acids is 1. The van der Waals surface area contributed by atoms with E-state index >= 15 is 0 Å². The van der Waals surface area contributed by atoms with E-state index in [2.05, 4.69) is 53.1 Å². The monoisotopic (exact) mass is 642 g/mol. The Hall–Kier alpha value is -4.16. The molecule has 0 bridgehead atoms. The molecule has 0 aliphatic rings. The molecule has 11 nitrogen and oxygen atoms in total. The molecule has 0 saturated carbocycles. The van der Waals surface area contributed by atoms with E-state index in [-0.39, 0.29) is 0 Å². The average Bonchev–Trinajstić information content (AvgIpc) is 2.84. The van der Waals surface area contributed by atoms with Crippen molar-refractivity contribution >= 4 is 22.0 Å². The van der Waals surface area contributed by atoms with E-state index < -0.39 is 33.8 Å². The van der Waals surface area contributed by atoms with E-state index in [9.17, 15) is 34.8 Å². The van der Waals surface area contributed by atoms with Gasteiger partial charge in [0.2, 0.25) is 5.95 Å². The first-order chi connectivity index (χ1) is 19.7. The van der Waals surface area contributed by atoms with Gasteiger partial charge < -0.3 is 20.3 Å². The van der Waals surface area contributed by atoms with Gasteiger partial charge in [0.1, 0.15) is 0 Å². The highest BCUT2D eigenvalue weighted by atomic mass is 32.2. The Morgan fingerprint density at radius 1 is 0.884 bits per heavy atom. The van der Waals surface area contributed by atoms with Gasteiger partial charge in [0.05, 0.1) is 0 Å². The van der Waals surface area contributed by atoms with Crippen molar-refractivity contribution in [3.8, 4) is 29.7 Å². The number of carbonyl (C=O) groups is 1. The lowest BCUT2D eigenvalue weighted by molar-refractivity contribution is -0.192. The number of rotatable bonds is 6. The van der Waals surface area contributed by atoms with Gasteiger partial charge in [-0.2, -0.15) is 44.7 Å². The maximum absolute atomic E-state index is 12.0. The zero-order valence-electron chi connectivity index (χ0n) is 24.1. The van der Waals surface area contributed by atoms with Gasteiger partial charge in [-0.15, -0.1) is 23.7 Å². The van der Waals surface area contributed by atoms with Crippen LogP contribution in [0.15, 0.2) is 12.1 Å². The van der Waals surface area contributed by atoms with Gasteiger partial charge in [-0.3, -0.25) is 0 Å². The summed E-state index contributed by atoms with van der Waals surface area (Å²) in [6.45, 7) is 12.0. The SMILES string of the molecule is CC#CCCN.CC#CCCNc1nc(C)cc(C)n1.Cc1cc(C)nc(OS(=O)(=O)C(F)(F)F)n1.O=C(O)C(F)(F)F. The third kappa shape index (κ3) is 20.4. The van der Waals surface area contributed by atoms with E-state index in [4.69, 9.17) is 15.6 Å². The number of aryl methyl sites for hydroxylation is 4. The number of carboxylic acid groups (broad SMARTS) is 1. The summed E-state index contributed by atoms with van der Waals surface area (Å²) in [6.07, 6.45) is -3.43. The highest BCUT2D eigenvalue weighted by Crippen LogP contribution is 2.25. The second-order valence-corrected chi connectivity index (χ2v) is 9.30. The second-order valence-electron chi connectivity index (χ2n) is 7.76. The van der Waals surface area contributed by atoms with Crippen molar-refractivity contribution in [2.75, 3.05) is 18.4 Å². The first kappa shape index (κ1) is 41.0. The van der Waals surface area contributed by atoms with Crippen LogP contribution in [0, 0.1) is 51.4 Å². The molecule has 0 unspecified atom stereocenters. The number of nitrogens with one attached hydrogen (secondary N) is 1. The van der Waals surface area contributed by atoms with Crippen molar-refractivity contribution in [1.82, 2.24) is 19.9 Å². The number of anilines is 1. The number of nitrogens with zero attached hydrogens (tertiary/aromatic N) is 4. The van der Waals surface area contributed by atoms with E-state index in [0.29, 0.717) is 23.9 Å². The standard InChI is InChI=1S/C11H15N3.C7H7F3N2O3S.C5H9N.C2HF3O2/c1-4-5-6-7-12-11-13-9(2)8-10(3)14-11;1-4-3-5(2)12-6(11-4)15-16(13,14)7(8,9)10;1-2-3-4-5-6;3-2(4,5)1(6)7/h8H,6-7H2,1-3H3,(H,12,13,14);3H,1-2H3;4-6H2,1H3;(H,6,7). The quantitative estimate of drug-likeness (QED) is 0.135. The molecule has 0 amide bonds. The molecule has 0 spiro atoms. The van der Waals surface area contributed by atoms with Crippen molar-refractivity contribution in [2.45, 2.75) is 66.1 Å². The highest BCUT2D eigenvalue weighted by molar-refractivity contribution is 7.87. The Morgan fingerprint density at radius 2 is 1.28 bits per heavy atom. The molecule has 43 heavy (non-hydrogen) atoms. The van der Waals surface area contributed by atoms with Crippen molar-refractivity contribution in [3.05, 3.63) is 34.9 Å². The van der Waals surface area contributed by atoms with Crippen LogP contribution in [-0.4, -0.2) is 64.2 Å². The molecule has 2 rings (SSSR count). The Morgan fingerprint density at radius 3 is 1.60 bits per heavy atom. The van der Waals surface area contributed by atoms with Crippen LogP contribution < -0.4 is 15.2 Å². The third-order valence-corrected chi connectivity index (χ3v) is 4.75. The van der Waals surface area contributed by atoms with Gasteiger partial charge >= 0.3 is 33.8 Å². The van der Waals surface area contributed by atoms with E-state index in [1.54, 1.807) is 0 Å². The zero-order chi connectivity index (χ0) is 33.9. The molecule has 0 saturated heterocycles. The van der Waals surface area contributed by atoms with Gasteiger partial charge in [0.15, 0.2) is 0 Å². The summed E-state index contributed by atoms with van der Waals surface area (Å²) in [4.78, 5) is 24.3. The van der Waals surface area contributed by atoms with Crippen molar-refractivity contribution in [2.24, 2.45) is 5.73 Å². The highest BCUT2D eigenvalue weighted by Gasteiger charge is 2.49. The Balaban J connectivity index is 0. The number of nitrogens with two attached hydrogens (primary N) is 1. The number of aromatic nitrogens is 4. The molecule has 18 heteroatoms. The van der Waals surface area contributed by atoms with Crippen LogP contribution in [-0.2, 0) is 14.9 Å². The summed E-state index contributed by atoms with van der Waals surface area (Å²) in [5.41, 5.74) is 2.21. The molecule has 0 radical (unpaired) electrons. The van der Waals surface area contributed by atoms with E-state index in [0.717, 1.165) is 30.8 Å². The summed E-state index contributed by atoms with van der Waals surface area (Å²) in [7, 11) is -5.71. The number of hydrogen-bond acceptors (Lipinski definition) is 10. The van der Waals surface area contributed by atoms with Crippen molar-refractivity contribution in [1.29, 1.82) is 0 Å². The molecule has 0 aliphatic carbocycles. The van der Waals surface area contributed by atoms with Gasteiger partial charge in [-0.05, 0) is 53.7 Å². The molecular formula is C25H32F6N6O5S. The van der Waals surface area contributed by atoms with Crippen LogP contribution >= 0.6 is 0 Å². The summed E-state index contributed by atoms with van der Waals surface area (Å²) in [5, 5.41) is 10.3. The molecule has 0 aliphatic heterocycles. The van der Waals surface area contributed by atoms with Crippen molar-refractivity contribution < 1.29 is 48.8 Å². The van der Waals surface area contributed by atoms with Gasteiger partial charge in [0, 0.05) is 48.7 Å². The van der Waals surface area contributed by atoms with Crippen LogP contribution in [0.1, 0.15) is 49.5 Å². The number of hydrogen-bond donors (Lipinski definition) is 3. The maximum Gasteiger partial charge on any atom is 0.534 e. The number of alkyl halides is 6. The fraction of sp³-hybridized carbons (Fsp3) is 0.480. The van der Waals surface area contributed by atoms with Crippen LogP contribution in [0.3, 0.4) is 0 Å². The molecule has 2 heterocycles. The van der Waals surface area contributed by atoms with E-state index in [1.807, 2.05) is 33.8 Å². The lowest BCUT2D eigenvalue weighted by atomic mass is 10.3. The van der Waals surface area contributed by atoms with Gasteiger partial charge in [0.25, 0.3) is 0 Å². The second kappa shape index (κ2) is 19.9. The minimum Gasteiger partial charge on any atom is -0.475 e. The average molecular weight is 643 g/mol. The molecule has 2 aromatic heterocycles. The summed E-state index contributed by atoms with van der Waals surface area (Å²) < 4.78 is 92.6. The fourth-order valence-corrected chi connectivity index (χ4v) is 2.61. The largest absolute Gasteiger partial charge is 0.534 e. The van der Waals surface area contributed by atoms with Crippen LogP contribution in [0.4, 0.5) is 32.3 Å². The van der Waals surface area contributed by atoms with E-state index in [1.165, 1.54) is 19.9 Å². The minimum atomic E-state index is -5.71. The van der Waals surface area contributed by atoms with Gasteiger partial charge in [-0.25, -0.2) is 14.8 Å². The predicted octanol–water partition coefficient (Wildman–Crippen LogP) is 4.23. The molecule has 0 aromatic carbocycles. The molecule has 240 valence electrons. The van der Waals surface area contributed by atoms with Crippen LogP contribution in [0.2, 0.25) is 0 Å². The lowest BCUT2D eigenvalue weighted by Crippen LogP contribution is -2.28. The zero-order valence-corrected chi connectivity index (χ0v) is 24.9. The van der Waals surface area contributed by atoms with Crippen molar-refractivity contribution in [3.63, 3.8) is 0 Å². The number of halogens is 6. The topological polar surface area (TPSA) is 170 Å². The minimum absolute atomic E-state index is 0.305. The lowest BCUT2D eigenvalue weighted by Gasteiger charge is -2.08. The first-order valence-electron chi connectivity index (χ1n) is 11.9. The van der Waals surface area contributed by atoms with Gasteiger partial charge in [-0.1, -0.05) is 0 Å². The Bertz CT molecular complexity index is 1360. The molecular weight excluding hydrogens is 610 g/mol. The smallest absolute Gasteiger partial charge is 0.475 e. The van der Waals surface area contributed by atoms with Crippen LogP contribution in [0.25, 0.3) is 0 Å². The number of carboxylic acids is 1. The Kier molecular flexibility index (Phi) is 18.9. The normalized spacial score (nSPS) is 10.3. The predicted molar refractivity (Wildman–Crippen MR) is 146 cm³/mol.